The lowest BCUT2D eigenvalue weighted by Crippen LogP contribution is -2.49. The first-order valence-electron chi connectivity index (χ1n) is 9.57. The summed E-state index contributed by atoms with van der Waals surface area (Å²) in [6.45, 7) is 8.79. The highest BCUT2D eigenvalue weighted by molar-refractivity contribution is 5.78. The lowest BCUT2D eigenvalue weighted by atomic mass is 9.93. The SMILES string of the molecule is CCOC(=O)N1CCC(NC(N)=NCC(C(CC)CC)N(C)C)CC1. The quantitative estimate of drug-likeness (QED) is 0.513. The number of amides is 1. The van der Waals surface area contributed by atoms with Crippen LogP contribution in [0.3, 0.4) is 0 Å². The Hall–Kier alpha value is -1.50. The number of hydrogen-bond donors (Lipinski definition) is 2. The van der Waals surface area contributed by atoms with Gasteiger partial charge in [0.1, 0.15) is 0 Å². The standard InChI is InChI=1S/C18H37N5O2/c1-6-14(7-2)16(22(4)5)13-20-17(19)21-15-9-11-23(12-10-15)18(24)25-8-3/h14-16H,6-13H2,1-5H3,(H3,19,20,21). The molecule has 0 aliphatic carbocycles. The predicted molar refractivity (Wildman–Crippen MR) is 103 cm³/mol. The summed E-state index contributed by atoms with van der Waals surface area (Å²) in [4.78, 5) is 20.3. The molecule has 1 unspecified atom stereocenters. The van der Waals surface area contributed by atoms with Crippen molar-refractivity contribution in [1.82, 2.24) is 15.1 Å². The summed E-state index contributed by atoms with van der Waals surface area (Å²) in [7, 11) is 4.21. The third-order valence-electron chi connectivity index (χ3n) is 5.08. The molecule has 3 N–H and O–H groups in total. The molecule has 1 aliphatic rings. The minimum atomic E-state index is -0.221. The van der Waals surface area contributed by atoms with Crippen molar-refractivity contribution in [3.63, 3.8) is 0 Å². The molecule has 0 aromatic heterocycles. The monoisotopic (exact) mass is 355 g/mol. The summed E-state index contributed by atoms with van der Waals surface area (Å²) in [5.74, 6) is 1.13. The van der Waals surface area contributed by atoms with Crippen LogP contribution in [0.5, 0.6) is 0 Å². The van der Waals surface area contributed by atoms with Crippen LogP contribution in [-0.4, -0.2) is 74.3 Å². The van der Waals surface area contributed by atoms with Gasteiger partial charge in [-0.15, -0.1) is 0 Å². The van der Waals surface area contributed by atoms with Gasteiger partial charge in [-0.05, 0) is 39.8 Å². The molecule has 25 heavy (non-hydrogen) atoms. The Morgan fingerprint density at radius 1 is 1.28 bits per heavy atom. The lowest BCUT2D eigenvalue weighted by Gasteiger charge is -2.32. The van der Waals surface area contributed by atoms with Crippen molar-refractivity contribution in [3.8, 4) is 0 Å². The molecule has 7 nitrogen and oxygen atoms in total. The summed E-state index contributed by atoms with van der Waals surface area (Å²) in [5.41, 5.74) is 6.09. The van der Waals surface area contributed by atoms with Gasteiger partial charge >= 0.3 is 6.09 Å². The number of carbonyl (C=O) groups excluding carboxylic acids is 1. The van der Waals surface area contributed by atoms with Crippen LogP contribution in [0, 0.1) is 5.92 Å². The summed E-state index contributed by atoms with van der Waals surface area (Å²) in [5, 5.41) is 3.31. The number of hydrogen-bond acceptors (Lipinski definition) is 4. The summed E-state index contributed by atoms with van der Waals surface area (Å²) < 4.78 is 5.04. The van der Waals surface area contributed by atoms with Gasteiger partial charge in [-0.3, -0.25) is 4.99 Å². The van der Waals surface area contributed by atoms with Gasteiger partial charge in [0.05, 0.1) is 13.2 Å². The number of piperidine rings is 1. The van der Waals surface area contributed by atoms with Gasteiger partial charge < -0.3 is 25.6 Å². The van der Waals surface area contributed by atoms with E-state index in [1.807, 2.05) is 6.92 Å². The van der Waals surface area contributed by atoms with E-state index in [0.29, 0.717) is 44.2 Å². The van der Waals surface area contributed by atoms with Crippen molar-refractivity contribution in [2.45, 2.75) is 58.5 Å². The van der Waals surface area contributed by atoms with E-state index in [-0.39, 0.29) is 12.1 Å². The van der Waals surface area contributed by atoms with Crippen LogP contribution in [0.4, 0.5) is 4.79 Å². The van der Waals surface area contributed by atoms with Crippen LogP contribution in [0.15, 0.2) is 4.99 Å². The molecule has 0 saturated carbocycles. The highest BCUT2D eigenvalue weighted by atomic mass is 16.6. The molecule has 0 aromatic rings. The third-order valence-corrected chi connectivity index (χ3v) is 5.08. The largest absolute Gasteiger partial charge is 0.450 e. The zero-order chi connectivity index (χ0) is 18.8. The maximum Gasteiger partial charge on any atom is 0.409 e. The molecule has 1 aliphatic heterocycles. The van der Waals surface area contributed by atoms with Crippen molar-refractivity contribution < 1.29 is 9.53 Å². The second-order valence-corrected chi connectivity index (χ2v) is 6.94. The van der Waals surface area contributed by atoms with Crippen LogP contribution in [-0.2, 0) is 4.74 Å². The maximum atomic E-state index is 11.7. The molecule has 1 fully saturated rings. The smallest absolute Gasteiger partial charge is 0.409 e. The fourth-order valence-corrected chi connectivity index (χ4v) is 3.43. The molecule has 1 rings (SSSR count). The van der Waals surface area contributed by atoms with E-state index < -0.39 is 0 Å². The van der Waals surface area contributed by atoms with E-state index in [4.69, 9.17) is 10.5 Å². The van der Waals surface area contributed by atoms with Gasteiger partial charge in [0.2, 0.25) is 0 Å². The number of nitrogens with zero attached hydrogens (tertiary/aromatic N) is 3. The number of nitrogens with one attached hydrogen (secondary N) is 1. The fourth-order valence-electron chi connectivity index (χ4n) is 3.43. The van der Waals surface area contributed by atoms with Crippen molar-refractivity contribution >= 4 is 12.1 Å². The van der Waals surface area contributed by atoms with E-state index >= 15 is 0 Å². The highest BCUT2D eigenvalue weighted by Crippen LogP contribution is 2.17. The minimum absolute atomic E-state index is 0.221. The lowest BCUT2D eigenvalue weighted by molar-refractivity contribution is 0.0963. The summed E-state index contributed by atoms with van der Waals surface area (Å²) >= 11 is 0. The second-order valence-electron chi connectivity index (χ2n) is 6.94. The van der Waals surface area contributed by atoms with Crippen LogP contribution in [0.1, 0.15) is 46.5 Å². The van der Waals surface area contributed by atoms with Gasteiger partial charge in [0.15, 0.2) is 5.96 Å². The van der Waals surface area contributed by atoms with Crippen molar-refractivity contribution in [1.29, 1.82) is 0 Å². The number of likely N-dealkylation sites (tertiary alicyclic amines) is 1. The first-order valence-corrected chi connectivity index (χ1v) is 9.57. The summed E-state index contributed by atoms with van der Waals surface area (Å²) in [6, 6.07) is 0.668. The number of rotatable bonds is 8. The van der Waals surface area contributed by atoms with Crippen LogP contribution in [0.2, 0.25) is 0 Å². The summed E-state index contributed by atoms with van der Waals surface area (Å²) in [6.07, 6.45) is 3.79. The van der Waals surface area contributed by atoms with Crippen molar-refractivity contribution in [2.24, 2.45) is 16.6 Å². The Labute approximate surface area is 153 Å². The van der Waals surface area contributed by atoms with Gasteiger partial charge in [-0.25, -0.2) is 4.79 Å². The Balaban J connectivity index is 2.46. The number of carbonyl (C=O) groups is 1. The van der Waals surface area contributed by atoms with E-state index in [0.717, 1.165) is 25.7 Å². The Morgan fingerprint density at radius 2 is 1.88 bits per heavy atom. The molecule has 0 radical (unpaired) electrons. The molecule has 0 spiro atoms. The number of likely N-dealkylation sites (N-methyl/N-ethyl adjacent to an activating group) is 1. The topological polar surface area (TPSA) is 83.2 Å². The molecule has 1 heterocycles. The first-order chi connectivity index (χ1) is 11.9. The van der Waals surface area contributed by atoms with Crippen LogP contribution in [0.25, 0.3) is 0 Å². The van der Waals surface area contributed by atoms with E-state index in [9.17, 15) is 4.79 Å². The average Bonchev–Trinajstić information content (AvgIpc) is 2.59. The van der Waals surface area contributed by atoms with Crippen LogP contribution < -0.4 is 11.1 Å². The van der Waals surface area contributed by atoms with Gasteiger partial charge in [-0.1, -0.05) is 26.7 Å². The fraction of sp³-hybridized carbons (Fsp3) is 0.889. The number of aliphatic imine (C=N–C) groups is 1. The van der Waals surface area contributed by atoms with E-state index in [2.05, 4.69) is 43.2 Å². The second kappa shape index (κ2) is 11.2. The van der Waals surface area contributed by atoms with Crippen molar-refractivity contribution in [2.75, 3.05) is 40.3 Å². The average molecular weight is 356 g/mol. The predicted octanol–water partition coefficient (Wildman–Crippen LogP) is 1.88. The van der Waals surface area contributed by atoms with Gasteiger partial charge in [0, 0.05) is 25.2 Å². The molecule has 1 saturated heterocycles. The zero-order valence-electron chi connectivity index (χ0n) is 16.6. The van der Waals surface area contributed by atoms with E-state index in [1.165, 1.54) is 0 Å². The number of ether oxygens (including phenoxy) is 1. The van der Waals surface area contributed by atoms with Gasteiger partial charge in [0.25, 0.3) is 0 Å². The van der Waals surface area contributed by atoms with Crippen LogP contribution >= 0.6 is 0 Å². The molecular weight excluding hydrogens is 318 g/mol. The molecule has 0 bridgehead atoms. The molecule has 1 amide bonds. The highest BCUT2D eigenvalue weighted by Gasteiger charge is 2.24. The third kappa shape index (κ3) is 7.10. The Morgan fingerprint density at radius 3 is 2.36 bits per heavy atom. The first kappa shape index (κ1) is 21.5. The minimum Gasteiger partial charge on any atom is -0.450 e. The molecule has 146 valence electrons. The Bertz CT molecular complexity index is 416. The maximum absolute atomic E-state index is 11.7. The number of guanidine groups is 1. The normalized spacial score (nSPS) is 17.9. The number of nitrogens with two attached hydrogens (primary N) is 1. The molecule has 1 atom stereocenters. The molecule has 0 aromatic carbocycles. The van der Waals surface area contributed by atoms with Crippen molar-refractivity contribution in [3.05, 3.63) is 0 Å². The van der Waals surface area contributed by atoms with E-state index in [1.54, 1.807) is 4.90 Å². The molecular formula is C18H37N5O2. The zero-order valence-corrected chi connectivity index (χ0v) is 16.6. The van der Waals surface area contributed by atoms with Gasteiger partial charge in [-0.2, -0.15) is 0 Å². The molecule has 7 heteroatoms. The Kier molecular flexibility index (Phi) is 9.63.